The highest BCUT2D eigenvalue weighted by Crippen LogP contribution is 2.18. The molecule has 5 heteroatoms. The van der Waals surface area contributed by atoms with Crippen LogP contribution in [0.2, 0.25) is 0 Å². The molecule has 0 amide bonds. The van der Waals surface area contributed by atoms with E-state index in [-0.39, 0.29) is 0 Å². The summed E-state index contributed by atoms with van der Waals surface area (Å²) in [5.41, 5.74) is 7.22. The average molecular weight is 209 g/mol. The number of rotatable bonds is 1. The molecule has 0 unspecified atom stereocenters. The second kappa shape index (κ2) is 3.67. The van der Waals surface area contributed by atoms with Gasteiger partial charge in [0, 0.05) is 24.5 Å². The topological polar surface area (TPSA) is 54.5 Å². The van der Waals surface area contributed by atoms with E-state index in [0.717, 1.165) is 5.69 Å². The van der Waals surface area contributed by atoms with Crippen molar-refractivity contribution < 1.29 is 0 Å². The van der Waals surface area contributed by atoms with Crippen LogP contribution in [-0.2, 0) is 0 Å². The van der Waals surface area contributed by atoms with E-state index in [1.807, 2.05) is 12.1 Å². The molecule has 0 saturated carbocycles. The SMILES string of the molecule is NC1=CN(c2cccnc2)N=C(Cl)C1. The van der Waals surface area contributed by atoms with Crippen molar-refractivity contribution in [3.63, 3.8) is 0 Å². The van der Waals surface area contributed by atoms with E-state index in [0.29, 0.717) is 17.3 Å². The summed E-state index contributed by atoms with van der Waals surface area (Å²) in [6, 6.07) is 3.72. The van der Waals surface area contributed by atoms with E-state index in [4.69, 9.17) is 17.3 Å². The number of allylic oxidation sites excluding steroid dienone is 1. The summed E-state index contributed by atoms with van der Waals surface area (Å²) in [7, 11) is 0. The molecule has 1 aliphatic rings. The maximum atomic E-state index is 5.82. The molecular weight excluding hydrogens is 200 g/mol. The monoisotopic (exact) mass is 208 g/mol. The maximum absolute atomic E-state index is 5.82. The van der Waals surface area contributed by atoms with Gasteiger partial charge in [-0.2, -0.15) is 5.10 Å². The van der Waals surface area contributed by atoms with E-state index in [9.17, 15) is 0 Å². The molecule has 0 atom stereocenters. The molecule has 0 spiro atoms. The van der Waals surface area contributed by atoms with Crippen molar-refractivity contribution in [1.82, 2.24) is 4.98 Å². The van der Waals surface area contributed by atoms with Crippen molar-refractivity contribution in [3.05, 3.63) is 36.4 Å². The largest absolute Gasteiger partial charge is 0.400 e. The summed E-state index contributed by atoms with van der Waals surface area (Å²) in [5.74, 6) is 0. The molecule has 0 aromatic carbocycles. The lowest BCUT2D eigenvalue weighted by molar-refractivity contribution is 0.990. The first-order chi connectivity index (χ1) is 6.75. The van der Waals surface area contributed by atoms with Gasteiger partial charge in [0.2, 0.25) is 0 Å². The van der Waals surface area contributed by atoms with Gasteiger partial charge in [-0.25, -0.2) is 5.01 Å². The lowest BCUT2D eigenvalue weighted by Crippen LogP contribution is -2.19. The number of halogens is 1. The lowest BCUT2D eigenvalue weighted by Gasteiger charge is -2.19. The van der Waals surface area contributed by atoms with Crippen molar-refractivity contribution in [2.45, 2.75) is 6.42 Å². The zero-order chi connectivity index (χ0) is 9.97. The second-order valence-electron chi connectivity index (χ2n) is 2.91. The smallest absolute Gasteiger partial charge is 0.133 e. The molecule has 0 aliphatic carbocycles. The Kier molecular flexibility index (Phi) is 2.37. The molecule has 72 valence electrons. The number of anilines is 1. The van der Waals surface area contributed by atoms with Crippen LogP contribution >= 0.6 is 11.6 Å². The summed E-state index contributed by atoms with van der Waals surface area (Å²) in [4.78, 5) is 3.99. The van der Waals surface area contributed by atoms with E-state index < -0.39 is 0 Å². The Balaban J connectivity index is 2.31. The van der Waals surface area contributed by atoms with E-state index in [1.165, 1.54) is 0 Å². The zero-order valence-electron chi connectivity index (χ0n) is 7.39. The van der Waals surface area contributed by atoms with Crippen molar-refractivity contribution in [2.24, 2.45) is 10.8 Å². The average Bonchev–Trinajstić information content (AvgIpc) is 2.18. The zero-order valence-corrected chi connectivity index (χ0v) is 8.15. The maximum Gasteiger partial charge on any atom is 0.133 e. The lowest BCUT2D eigenvalue weighted by atomic mass is 10.3. The standard InChI is InChI=1S/C9H9ClN4/c10-9-4-7(11)6-14(13-9)8-2-1-3-12-5-8/h1-3,5-6H,4,11H2. The molecule has 14 heavy (non-hydrogen) atoms. The number of aromatic nitrogens is 1. The molecule has 0 fully saturated rings. The second-order valence-corrected chi connectivity index (χ2v) is 3.35. The van der Waals surface area contributed by atoms with Crippen LogP contribution < -0.4 is 10.7 Å². The molecule has 1 aliphatic heterocycles. The fourth-order valence-corrected chi connectivity index (χ4v) is 1.41. The number of pyridine rings is 1. The Labute approximate surface area is 86.7 Å². The van der Waals surface area contributed by atoms with Crippen LogP contribution in [0.3, 0.4) is 0 Å². The molecular formula is C9H9ClN4. The van der Waals surface area contributed by atoms with Crippen LogP contribution in [0.25, 0.3) is 0 Å². The Bertz CT molecular complexity index is 367. The van der Waals surface area contributed by atoms with Gasteiger partial charge in [0.05, 0.1) is 11.9 Å². The molecule has 0 saturated heterocycles. The predicted octanol–water partition coefficient (Wildman–Crippen LogP) is 1.64. The molecule has 0 radical (unpaired) electrons. The summed E-state index contributed by atoms with van der Waals surface area (Å²) in [6.07, 6.45) is 5.65. The van der Waals surface area contributed by atoms with Gasteiger partial charge < -0.3 is 5.73 Å². The van der Waals surface area contributed by atoms with E-state index in [2.05, 4.69) is 10.1 Å². The van der Waals surface area contributed by atoms with E-state index >= 15 is 0 Å². The van der Waals surface area contributed by atoms with Crippen molar-refractivity contribution >= 4 is 22.5 Å². The fourth-order valence-electron chi connectivity index (χ4n) is 1.17. The van der Waals surface area contributed by atoms with Gasteiger partial charge in [0.25, 0.3) is 0 Å². The highest BCUT2D eigenvalue weighted by molar-refractivity contribution is 6.65. The Morgan fingerprint density at radius 1 is 1.50 bits per heavy atom. The normalized spacial score (nSPS) is 16.2. The predicted molar refractivity (Wildman–Crippen MR) is 56.9 cm³/mol. The molecule has 2 heterocycles. The first-order valence-electron chi connectivity index (χ1n) is 4.14. The Morgan fingerprint density at radius 3 is 3.00 bits per heavy atom. The Hall–Kier alpha value is -1.55. The van der Waals surface area contributed by atoms with Crippen LogP contribution in [0.15, 0.2) is 41.5 Å². The van der Waals surface area contributed by atoms with Crippen molar-refractivity contribution in [3.8, 4) is 0 Å². The van der Waals surface area contributed by atoms with Crippen molar-refractivity contribution in [1.29, 1.82) is 0 Å². The summed E-state index contributed by atoms with van der Waals surface area (Å²) in [5, 5.41) is 6.22. The van der Waals surface area contributed by atoms with Gasteiger partial charge >= 0.3 is 0 Å². The molecule has 2 rings (SSSR count). The number of nitrogens with zero attached hydrogens (tertiary/aromatic N) is 3. The highest BCUT2D eigenvalue weighted by Gasteiger charge is 2.11. The summed E-state index contributed by atoms with van der Waals surface area (Å²) in [6.45, 7) is 0. The number of hydrogen-bond acceptors (Lipinski definition) is 4. The third-order valence-corrected chi connectivity index (χ3v) is 1.97. The summed E-state index contributed by atoms with van der Waals surface area (Å²) < 4.78 is 0. The minimum Gasteiger partial charge on any atom is -0.400 e. The highest BCUT2D eigenvalue weighted by atomic mass is 35.5. The van der Waals surface area contributed by atoms with Crippen LogP contribution in [0.1, 0.15) is 6.42 Å². The van der Waals surface area contributed by atoms with Crippen LogP contribution in [0.4, 0.5) is 5.69 Å². The molecule has 1 aromatic rings. The minimum absolute atomic E-state index is 0.480. The molecule has 1 aromatic heterocycles. The first-order valence-corrected chi connectivity index (χ1v) is 4.52. The van der Waals surface area contributed by atoms with Crippen molar-refractivity contribution in [2.75, 3.05) is 5.01 Å². The van der Waals surface area contributed by atoms with Crippen LogP contribution in [0.5, 0.6) is 0 Å². The van der Waals surface area contributed by atoms with Gasteiger partial charge in [-0.3, -0.25) is 4.98 Å². The van der Waals surface area contributed by atoms with Gasteiger partial charge in [-0.05, 0) is 12.1 Å². The van der Waals surface area contributed by atoms with Crippen LogP contribution in [0, 0.1) is 0 Å². The third kappa shape index (κ3) is 1.85. The Morgan fingerprint density at radius 2 is 2.36 bits per heavy atom. The van der Waals surface area contributed by atoms with Crippen LogP contribution in [-0.4, -0.2) is 10.2 Å². The van der Waals surface area contributed by atoms with Gasteiger partial charge in [-0.1, -0.05) is 11.6 Å². The number of nitrogens with two attached hydrogens (primary N) is 1. The van der Waals surface area contributed by atoms with Gasteiger partial charge in [0.15, 0.2) is 0 Å². The number of hydrazone groups is 1. The first kappa shape index (κ1) is 9.02. The van der Waals surface area contributed by atoms with E-state index in [1.54, 1.807) is 23.6 Å². The number of hydrogen-bond donors (Lipinski definition) is 1. The molecule has 4 nitrogen and oxygen atoms in total. The third-order valence-electron chi connectivity index (χ3n) is 1.76. The molecule has 2 N–H and O–H groups in total. The quantitative estimate of drug-likeness (QED) is 0.764. The molecule has 0 bridgehead atoms. The fraction of sp³-hybridized carbons (Fsp3) is 0.111. The van der Waals surface area contributed by atoms with Gasteiger partial charge in [-0.15, -0.1) is 0 Å². The minimum atomic E-state index is 0.480. The summed E-state index contributed by atoms with van der Waals surface area (Å²) >= 11 is 5.82. The van der Waals surface area contributed by atoms with Gasteiger partial charge in [0.1, 0.15) is 5.17 Å².